The first kappa shape index (κ1) is 14.7. The van der Waals surface area contributed by atoms with Gasteiger partial charge in [-0.3, -0.25) is 9.97 Å². The maximum Gasteiger partial charge on any atom is 0.0426 e. The van der Waals surface area contributed by atoms with Gasteiger partial charge in [-0.2, -0.15) is 0 Å². The average molecular weight is 269 g/mol. The van der Waals surface area contributed by atoms with E-state index in [1.807, 2.05) is 19.3 Å². The molecule has 0 saturated heterocycles. The maximum atomic E-state index is 4.59. The second-order valence-corrected chi connectivity index (χ2v) is 5.47. The van der Waals surface area contributed by atoms with Crippen molar-refractivity contribution in [2.75, 3.05) is 0 Å². The second-order valence-electron chi connectivity index (χ2n) is 5.47. The first-order valence-corrected chi connectivity index (χ1v) is 7.09. The van der Waals surface area contributed by atoms with Crippen molar-refractivity contribution in [3.8, 4) is 0 Å². The Morgan fingerprint density at radius 1 is 1.00 bits per heavy atom. The average Bonchev–Trinajstić information content (AvgIpc) is 2.38. The molecule has 0 aliphatic heterocycles. The topological polar surface area (TPSA) is 37.8 Å². The molecule has 1 unspecified atom stereocenters. The van der Waals surface area contributed by atoms with Crippen LogP contribution < -0.4 is 5.32 Å². The number of aromatic nitrogens is 2. The van der Waals surface area contributed by atoms with E-state index < -0.39 is 0 Å². The number of aryl methyl sites for hydroxylation is 3. The zero-order valence-electron chi connectivity index (χ0n) is 12.9. The van der Waals surface area contributed by atoms with Crippen LogP contribution in [0.1, 0.15) is 54.0 Å². The van der Waals surface area contributed by atoms with Gasteiger partial charge in [0.2, 0.25) is 0 Å². The smallest absolute Gasteiger partial charge is 0.0426 e. The van der Waals surface area contributed by atoms with Crippen molar-refractivity contribution in [3.05, 3.63) is 58.7 Å². The molecule has 2 atom stereocenters. The van der Waals surface area contributed by atoms with E-state index in [0.717, 1.165) is 11.4 Å². The number of pyridine rings is 2. The third kappa shape index (κ3) is 3.23. The summed E-state index contributed by atoms with van der Waals surface area (Å²) in [6.07, 6.45) is 3.67. The third-order valence-electron chi connectivity index (χ3n) is 3.72. The lowest BCUT2D eigenvalue weighted by Gasteiger charge is -2.23. The van der Waals surface area contributed by atoms with Crippen LogP contribution in [-0.2, 0) is 0 Å². The molecule has 0 radical (unpaired) electrons. The number of nitrogens with zero attached hydrogens (tertiary/aromatic N) is 2. The number of hydrogen-bond donors (Lipinski definition) is 1. The van der Waals surface area contributed by atoms with Crippen molar-refractivity contribution in [1.82, 2.24) is 15.3 Å². The van der Waals surface area contributed by atoms with E-state index in [0.29, 0.717) is 0 Å². The van der Waals surface area contributed by atoms with Crippen LogP contribution in [0, 0.1) is 20.8 Å². The molecule has 20 heavy (non-hydrogen) atoms. The quantitative estimate of drug-likeness (QED) is 0.917. The van der Waals surface area contributed by atoms with Gasteiger partial charge < -0.3 is 5.32 Å². The number of rotatable bonds is 4. The zero-order valence-corrected chi connectivity index (χ0v) is 12.9. The van der Waals surface area contributed by atoms with E-state index in [9.17, 15) is 0 Å². The molecule has 2 aromatic rings. The van der Waals surface area contributed by atoms with Gasteiger partial charge in [-0.15, -0.1) is 0 Å². The number of nitrogens with one attached hydrogen (secondary N) is 1. The third-order valence-corrected chi connectivity index (χ3v) is 3.72. The Balaban J connectivity index is 2.19. The molecule has 0 amide bonds. The largest absolute Gasteiger partial charge is 0.304 e. The Labute approximate surface area is 121 Å². The van der Waals surface area contributed by atoms with Gasteiger partial charge in [-0.1, -0.05) is 0 Å². The predicted molar refractivity (Wildman–Crippen MR) is 82.7 cm³/mol. The first-order chi connectivity index (χ1) is 9.49. The van der Waals surface area contributed by atoms with Gasteiger partial charge in [0.1, 0.15) is 0 Å². The van der Waals surface area contributed by atoms with Gasteiger partial charge in [0.05, 0.1) is 0 Å². The lowest BCUT2D eigenvalue weighted by Crippen LogP contribution is -2.24. The molecular formula is C17H23N3. The van der Waals surface area contributed by atoms with Crippen molar-refractivity contribution < 1.29 is 0 Å². The fourth-order valence-electron chi connectivity index (χ4n) is 2.89. The lowest BCUT2D eigenvalue weighted by atomic mass is 9.99. The molecule has 2 aromatic heterocycles. The van der Waals surface area contributed by atoms with Gasteiger partial charge in [0, 0.05) is 35.9 Å². The first-order valence-electron chi connectivity index (χ1n) is 7.09. The van der Waals surface area contributed by atoms with Crippen LogP contribution >= 0.6 is 0 Å². The molecule has 3 heteroatoms. The van der Waals surface area contributed by atoms with Gasteiger partial charge in [0.25, 0.3) is 0 Å². The van der Waals surface area contributed by atoms with Crippen LogP contribution in [0.25, 0.3) is 0 Å². The van der Waals surface area contributed by atoms with Gasteiger partial charge in [0.15, 0.2) is 0 Å². The van der Waals surface area contributed by atoms with Crippen LogP contribution in [0.4, 0.5) is 0 Å². The summed E-state index contributed by atoms with van der Waals surface area (Å²) in [5, 5.41) is 3.65. The molecule has 106 valence electrons. The van der Waals surface area contributed by atoms with E-state index in [1.54, 1.807) is 0 Å². The van der Waals surface area contributed by atoms with Crippen LogP contribution in [0.2, 0.25) is 0 Å². The summed E-state index contributed by atoms with van der Waals surface area (Å²) in [4.78, 5) is 8.65. The molecule has 0 saturated carbocycles. The van der Waals surface area contributed by atoms with Crippen molar-refractivity contribution in [1.29, 1.82) is 0 Å². The van der Waals surface area contributed by atoms with E-state index in [-0.39, 0.29) is 12.1 Å². The van der Waals surface area contributed by atoms with Crippen LogP contribution in [0.5, 0.6) is 0 Å². The van der Waals surface area contributed by atoms with Crippen molar-refractivity contribution >= 4 is 0 Å². The molecular weight excluding hydrogens is 246 g/mol. The Bertz CT molecular complexity index is 555. The fraction of sp³-hybridized carbons (Fsp3) is 0.412. The minimum absolute atomic E-state index is 0.270. The monoisotopic (exact) mass is 269 g/mol. The summed E-state index contributed by atoms with van der Waals surface area (Å²) in [5.74, 6) is 0. The van der Waals surface area contributed by atoms with E-state index in [1.165, 1.54) is 16.7 Å². The van der Waals surface area contributed by atoms with E-state index >= 15 is 0 Å². The highest BCUT2D eigenvalue weighted by Gasteiger charge is 2.15. The molecule has 0 fully saturated rings. The molecule has 1 N–H and O–H groups in total. The molecule has 0 aliphatic rings. The minimum atomic E-state index is 0.270. The SMILES string of the molecule is Cc1cc(C)c(C(C)N[C@@H](C)c2ccncc2)c(C)n1. The molecule has 2 rings (SSSR count). The number of hydrogen-bond acceptors (Lipinski definition) is 3. The van der Waals surface area contributed by atoms with E-state index in [4.69, 9.17) is 0 Å². The van der Waals surface area contributed by atoms with Gasteiger partial charge >= 0.3 is 0 Å². The van der Waals surface area contributed by atoms with Crippen LogP contribution in [0.3, 0.4) is 0 Å². The zero-order chi connectivity index (χ0) is 14.7. The maximum absolute atomic E-state index is 4.59. The Kier molecular flexibility index (Phi) is 4.50. The molecule has 3 nitrogen and oxygen atoms in total. The molecule has 2 heterocycles. The van der Waals surface area contributed by atoms with Crippen molar-refractivity contribution in [2.24, 2.45) is 0 Å². The normalized spacial score (nSPS) is 14.1. The van der Waals surface area contributed by atoms with Crippen molar-refractivity contribution in [2.45, 2.75) is 46.7 Å². The Hall–Kier alpha value is -1.74. The highest BCUT2D eigenvalue weighted by atomic mass is 14.9. The molecule has 0 aliphatic carbocycles. The minimum Gasteiger partial charge on any atom is -0.304 e. The fourth-order valence-corrected chi connectivity index (χ4v) is 2.89. The molecule has 0 spiro atoms. The lowest BCUT2D eigenvalue weighted by molar-refractivity contribution is 0.490. The predicted octanol–water partition coefficient (Wildman–Crippen LogP) is 3.81. The standard InChI is InChI=1S/C17H23N3/c1-11-10-12(2)19-14(4)17(11)15(5)20-13(3)16-6-8-18-9-7-16/h6-10,13,15,20H,1-5H3/t13-,15?/m0/s1. The second kappa shape index (κ2) is 6.14. The summed E-state index contributed by atoms with van der Waals surface area (Å²) in [6.45, 7) is 10.7. The summed E-state index contributed by atoms with van der Waals surface area (Å²) in [6, 6.07) is 6.81. The summed E-state index contributed by atoms with van der Waals surface area (Å²) < 4.78 is 0. The Morgan fingerprint density at radius 3 is 2.25 bits per heavy atom. The summed E-state index contributed by atoms with van der Waals surface area (Å²) in [7, 11) is 0. The summed E-state index contributed by atoms with van der Waals surface area (Å²) in [5.41, 5.74) is 6.05. The Morgan fingerprint density at radius 2 is 1.65 bits per heavy atom. The van der Waals surface area contributed by atoms with Crippen LogP contribution in [0.15, 0.2) is 30.6 Å². The highest BCUT2D eigenvalue weighted by Crippen LogP contribution is 2.24. The molecule has 0 aromatic carbocycles. The van der Waals surface area contributed by atoms with E-state index in [2.05, 4.69) is 61.2 Å². The highest BCUT2D eigenvalue weighted by molar-refractivity contribution is 5.33. The molecule has 0 bridgehead atoms. The summed E-state index contributed by atoms with van der Waals surface area (Å²) >= 11 is 0. The van der Waals surface area contributed by atoms with Crippen molar-refractivity contribution in [3.63, 3.8) is 0 Å². The van der Waals surface area contributed by atoms with Gasteiger partial charge in [-0.25, -0.2) is 0 Å². The van der Waals surface area contributed by atoms with Gasteiger partial charge in [-0.05, 0) is 69.5 Å². The van der Waals surface area contributed by atoms with Crippen LogP contribution in [-0.4, -0.2) is 9.97 Å².